The van der Waals surface area contributed by atoms with Crippen LogP contribution in [0.5, 0.6) is 5.75 Å². The van der Waals surface area contributed by atoms with Gasteiger partial charge in [0, 0.05) is 36.0 Å². The average Bonchev–Trinajstić information content (AvgIpc) is 2.72. The Labute approximate surface area is 181 Å². The lowest BCUT2D eigenvalue weighted by Gasteiger charge is -2.28. The summed E-state index contributed by atoms with van der Waals surface area (Å²) in [4.78, 5) is 12.7. The van der Waals surface area contributed by atoms with Crippen molar-refractivity contribution >= 4 is 20.6 Å². The van der Waals surface area contributed by atoms with E-state index in [2.05, 4.69) is 6.92 Å². The first-order valence-electron chi connectivity index (χ1n) is 10.4. The number of benzene rings is 2. The highest BCUT2D eigenvalue weighted by atomic mass is 32.2. The van der Waals surface area contributed by atoms with E-state index in [1.807, 2.05) is 0 Å². The Morgan fingerprint density at radius 1 is 1.00 bits per heavy atom. The van der Waals surface area contributed by atoms with Crippen LogP contribution in [0.25, 0.3) is 21.9 Å². The van der Waals surface area contributed by atoms with E-state index in [4.69, 9.17) is 4.74 Å². The largest absolute Gasteiger partial charge is 0.490 e. The van der Waals surface area contributed by atoms with Gasteiger partial charge < -0.3 is 9.30 Å². The molecule has 0 atom stereocenters. The maximum atomic E-state index is 14.1. The minimum Gasteiger partial charge on any atom is -0.490 e. The van der Waals surface area contributed by atoms with Crippen molar-refractivity contribution in [1.29, 1.82) is 0 Å². The summed E-state index contributed by atoms with van der Waals surface area (Å²) in [7, 11) is -1.85. The molecule has 31 heavy (non-hydrogen) atoms. The summed E-state index contributed by atoms with van der Waals surface area (Å²) in [5.41, 5.74) is 0.843. The molecule has 5 nitrogen and oxygen atoms in total. The molecule has 0 aliphatic heterocycles. The van der Waals surface area contributed by atoms with Gasteiger partial charge in [0.15, 0.2) is 9.84 Å². The Kier molecular flexibility index (Phi) is 5.64. The number of ether oxygens (including phenoxy) is 1. The lowest BCUT2D eigenvalue weighted by molar-refractivity contribution is 0.136. The average molecular weight is 444 g/mol. The Morgan fingerprint density at radius 2 is 1.71 bits per heavy atom. The van der Waals surface area contributed by atoms with Gasteiger partial charge in [-0.15, -0.1) is 0 Å². The summed E-state index contributed by atoms with van der Waals surface area (Å²) >= 11 is 0. The van der Waals surface area contributed by atoms with Gasteiger partial charge in [-0.3, -0.25) is 4.79 Å². The summed E-state index contributed by atoms with van der Waals surface area (Å²) in [6.45, 7) is 2.23. The Morgan fingerprint density at radius 3 is 2.39 bits per heavy atom. The molecular formula is C24H26FNO4S. The highest BCUT2D eigenvalue weighted by Gasteiger charge is 2.23. The first-order valence-corrected chi connectivity index (χ1v) is 12.3. The molecule has 0 amide bonds. The lowest BCUT2D eigenvalue weighted by atomic mass is 9.89. The molecule has 0 N–H and O–H groups in total. The smallest absolute Gasteiger partial charge is 0.258 e. The normalized spacial score (nSPS) is 19.5. The van der Waals surface area contributed by atoms with Gasteiger partial charge in [0.2, 0.25) is 0 Å². The number of aryl methyl sites for hydroxylation is 1. The van der Waals surface area contributed by atoms with Crippen molar-refractivity contribution in [1.82, 2.24) is 4.57 Å². The molecule has 0 spiro atoms. The summed E-state index contributed by atoms with van der Waals surface area (Å²) in [5, 5.41) is 0.791. The number of nitrogens with zero attached hydrogens (tertiary/aromatic N) is 1. The van der Waals surface area contributed by atoms with Gasteiger partial charge in [0.1, 0.15) is 11.6 Å². The molecule has 1 heterocycles. The van der Waals surface area contributed by atoms with E-state index in [0.29, 0.717) is 33.6 Å². The van der Waals surface area contributed by atoms with Gasteiger partial charge in [-0.2, -0.15) is 0 Å². The second-order valence-electron chi connectivity index (χ2n) is 8.58. The summed E-state index contributed by atoms with van der Waals surface area (Å²) in [6, 6.07) is 8.77. The van der Waals surface area contributed by atoms with Crippen LogP contribution in [0.3, 0.4) is 0 Å². The first-order chi connectivity index (χ1) is 14.6. The van der Waals surface area contributed by atoms with E-state index >= 15 is 0 Å². The fourth-order valence-corrected chi connectivity index (χ4v) is 4.88. The molecule has 4 rings (SSSR count). The molecule has 164 valence electrons. The van der Waals surface area contributed by atoms with Crippen molar-refractivity contribution in [2.45, 2.75) is 43.6 Å². The number of sulfone groups is 1. The van der Waals surface area contributed by atoms with E-state index < -0.39 is 15.7 Å². The van der Waals surface area contributed by atoms with Crippen LogP contribution < -0.4 is 10.3 Å². The van der Waals surface area contributed by atoms with Crippen LogP contribution in [-0.2, 0) is 16.9 Å². The molecule has 1 aromatic heterocycles. The number of fused-ring (bicyclic) bond motifs is 1. The van der Waals surface area contributed by atoms with Gasteiger partial charge in [-0.25, -0.2) is 12.8 Å². The predicted molar refractivity (Wildman–Crippen MR) is 120 cm³/mol. The molecule has 0 saturated heterocycles. The molecule has 0 radical (unpaired) electrons. The zero-order valence-electron chi connectivity index (χ0n) is 17.9. The molecule has 1 fully saturated rings. The van der Waals surface area contributed by atoms with E-state index in [9.17, 15) is 17.6 Å². The van der Waals surface area contributed by atoms with E-state index in [0.717, 1.165) is 31.9 Å². The van der Waals surface area contributed by atoms with Crippen LogP contribution in [0.1, 0.15) is 32.6 Å². The molecule has 7 heteroatoms. The van der Waals surface area contributed by atoms with Crippen molar-refractivity contribution in [2.24, 2.45) is 13.0 Å². The molecule has 0 unspecified atom stereocenters. The maximum absolute atomic E-state index is 14.1. The summed E-state index contributed by atoms with van der Waals surface area (Å²) < 4.78 is 46.3. The summed E-state index contributed by atoms with van der Waals surface area (Å²) in [6.07, 6.45) is 6.81. The number of hydrogen-bond acceptors (Lipinski definition) is 4. The maximum Gasteiger partial charge on any atom is 0.258 e. The Balaban J connectivity index is 1.93. The third-order valence-electron chi connectivity index (χ3n) is 6.07. The van der Waals surface area contributed by atoms with Gasteiger partial charge in [-0.05, 0) is 73.4 Å². The Hall–Kier alpha value is -2.67. The highest BCUT2D eigenvalue weighted by Crippen LogP contribution is 2.38. The highest BCUT2D eigenvalue weighted by molar-refractivity contribution is 7.90. The number of aromatic nitrogens is 1. The van der Waals surface area contributed by atoms with Crippen LogP contribution in [0.15, 0.2) is 52.3 Å². The van der Waals surface area contributed by atoms with Gasteiger partial charge in [-0.1, -0.05) is 6.92 Å². The number of halogens is 1. The van der Waals surface area contributed by atoms with Crippen molar-refractivity contribution in [3.8, 4) is 16.9 Å². The van der Waals surface area contributed by atoms with Crippen LogP contribution >= 0.6 is 0 Å². The predicted octanol–water partition coefficient (Wildman–Crippen LogP) is 4.71. The lowest BCUT2D eigenvalue weighted by Crippen LogP contribution is -2.23. The van der Waals surface area contributed by atoms with E-state index in [-0.39, 0.29) is 16.6 Å². The van der Waals surface area contributed by atoms with Gasteiger partial charge in [0.05, 0.1) is 11.0 Å². The van der Waals surface area contributed by atoms with Gasteiger partial charge >= 0.3 is 0 Å². The number of pyridine rings is 1. The molecule has 1 aliphatic carbocycles. The number of hydrogen-bond donors (Lipinski definition) is 0. The molecular weight excluding hydrogens is 417 g/mol. The van der Waals surface area contributed by atoms with Crippen LogP contribution in [0.2, 0.25) is 0 Å². The van der Waals surface area contributed by atoms with Gasteiger partial charge in [0.25, 0.3) is 5.56 Å². The molecule has 1 aliphatic rings. The minimum absolute atomic E-state index is 0.0366. The SMILES string of the molecule is Cn1cc(-c2cc(S(C)(=O)=O)ccc2O[C@H]2CC[C@H](C)CC2)c2cc(F)ccc2c1=O. The van der Waals surface area contributed by atoms with Crippen molar-refractivity contribution in [2.75, 3.05) is 6.26 Å². The van der Waals surface area contributed by atoms with Crippen LogP contribution in [0, 0.1) is 11.7 Å². The second kappa shape index (κ2) is 8.11. The fraction of sp³-hybridized carbons (Fsp3) is 0.375. The molecule has 2 aromatic carbocycles. The third kappa shape index (κ3) is 4.37. The molecule has 0 bridgehead atoms. The quantitative estimate of drug-likeness (QED) is 0.586. The fourth-order valence-electron chi connectivity index (χ4n) is 4.23. The molecule has 1 saturated carbocycles. The second-order valence-corrected chi connectivity index (χ2v) is 10.6. The standard InChI is InChI=1S/C24H26FNO4S/c1-15-4-7-17(8-5-15)30-23-11-9-18(31(3,28)29)13-21(23)22-14-26(2)24(27)19-10-6-16(25)12-20(19)22/h6,9-15,17H,4-5,7-8H2,1-3H3/t15-,17-. The molecule has 3 aromatic rings. The van der Waals surface area contributed by atoms with Crippen molar-refractivity contribution < 1.29 is 17.5 Å². The summed E-state index contributed by atoms with van der Waals surface area (Å²) in [5.74, 6) is 0.740. The van der Waals surface area contributed by atoms with E-state index in [1.165, 1.54) is 28.8 Å². The van der Waals surface area contributed by atoms with E-state index in [1.54, 1.807) is 25.4 Å². The number of rotatable bonds is 4. The van der Waals surface area contributed by atoms with Crippen LogP contribution in [0.4, 0.5) is 4.39 Å². The zero-order valence-corrected chi connectivity index (χ0v) is 18.7. The van der Waals surface area contributed by atoms with Crippen molar-refractivity contribution in [3.05, 3.63) is 58.8 Å². The minimum atomic E-state index is -3.47. The zero-order chi connectivity index (χ0) is 22.3. The monoisotopic (exact) mass is 443 g/mol. The topological polar surface area (TPSA) is 65.4 Å². The third-order valence-corrected chi connectivity index (χ3v) is 7.18. The van der Waals surface area contributed by atoms with Crippen molar-refractivity contribution in [3.63, 3.8) is 0 Å². The first kappa shape index (κ1) is 21.6. The van der Waals surface area contributed by atoms with Crippen LogP contribution in [-0.4, -0.2) is 25.3 Å². The Bertz CT molecular complexity index is 1310.